The van der Waals surface area contributed by atoms with Crippen LogP contribution >= 0.6 is 11.6 Å². The zero-order chi connectivity index (χ0) is 34.1. The molecule has 3 aromatic rings. The van der Waals surface area contributed by atoms with Crippen molar-refractivity contribution in [3.05, 3.63) is 64.6 Å². The van der Waals surface area contributed by atoms with E-state index in [2.05, 4.69) is 10.2 Å². The van der Waals surface area contributed by atoms with Crippen LogP contribution in [-0.2, 0) is 35.0 Å². The summed E-state index contributed by atoms with van der Waals surface area (Å²) < 4.78 is 45.3. The van der Waals surface area contributed by atoms with Gasteiger partial charge in [-0.05, 0) is 69.2 Å². The minimum atomic E-state index is -1.50. The Kier molecular flexibility index (Phi) is 10.1. The number of halogens is 2. The molecule has 2 aromatic carbocycles. The van der Waals surface area contributed by atoms with Crippen LogP contribution in [0.15, 0.2) is 47.1 Å². The number of furan rings is 1. The van der Waals surface area contributed by atoms with E-state index in [0.29, 0.717) is 75.0 Å². The van der Waals surface area contributed by atoms with E-state index in [-0.39, 0.29) is 65.5 Å². The van der Waals surface area contributed by atoms with Crippen molar-refractivity contribution in [2.75, 3.05) is 44.9 Å². The summed E-state index contributed by atoms with van der Waals surface area (Å²) in [5, 5.41) is 3.39. The van der Waals surface area contributed by atoms with Gasteiger partial charge >= 0.3 is 5.97 Å². The Balaban J connectivity index is 1.15. The zero-order valence-corrected chi connectivity index (χ0v) is 28.2. The number of hydrogen-bond acceptors (Lipinski definition) is 10. The molecule has 4 aliphatic rings. The third-order valence-corrected chi connectivity index (χ3v) is 10.5. The number of fused-ring (bicyclic) bond motifs is 2. The van der Waals surface area contributed by atoms with Gasteiger partial charge in [-0.2, -0.15) is 0 Å². The first-order valence-corrected chi connectivity index (χ1v) is 17.5. The van der Waals surface area contributed by atoms with E-state index < -0.39 is 17.6 Å². The van der Waals surface area contributed by atoms with Crippen LogP contribution in [-0.4, -0.2) is 91.2 Å². The fourth-order valence-corrected chi connectivity index (χ4v) is 7.91. The predicted octanol–water partition coefficient (Wildman–Crippen LogP) is 5.53. The topological polar surface area (TPSA) is 120 Å². The largest absolute Gasteiger partial charge is 0.466 e. The normalized spacial score (nSPS) is 25.7. The van der Waals surface area contributed by atoms with Crippen LogP contribution in [0.3, 0.4) is 0 Å². The first-order chi connectivity index (χ1) is 23.8. The maximum atomic E-state index is 15.9. The van der Waals surface area contributed by atoms with Crippen molar-refractivity contribution >= 4 is 45.9 Å². The molecule has 11 nitrogen and oxygen atoms in total. The molecular weight excluding hydrogens is 657 g/mol. The molecular formula is C36H41ClFN3O8. The van der Waals surface area contributed by atoms with Crippen molar-refractivity contribution in [1.82, 2.24) is 9.80 Å². The van der Waals surface area contributed by atoms with Crippen LogP contribution in [0.25, 0.3) is 11.0 Å². The Bertz CT molecular complexity index is 1690. The number of anilines is 1. The molecule has 1 unspecified atom stereocenters. The van der Waals surface area contributed by atoms with Gasteiger partial charge in [-0.25, -0.2) is 4.39 Å². The number of nitrogens with zero attached hydrogens (tertiary/aromatic N) is 2. The van der Waals surface area contributed by atoms with Crippen LogP contribution < -0.4 is 5.32 Å². The summed E-state index contributed by atoms with van der Waals surface area (Å²) in [7, 11) is 0. The third kappa shape index (κ3) is 6.74. The number of benzene rings is 2. The average molecular weight is 698 g/mol. The van der Waals surface area contributed by atoms with Gasteiger partial charge in [0.25, 0.3) is 5.91 Å². The van der Waals surface area contributed by atoms with Crippen molar-refractivity contribution in [3.8, 4) is 0 Å². The number of carbonyl (C=O) groups excluding carboxylic acids is 3. The highest BCUT2D eigenvalue weighted by Gasteiger charge is 2.57. The molecule has 262 valence electrons. The van der Waals surface area contributed by atoms with Crippen LogP contribution in [0.2, 0.25) is 5.02 Å². The second-order valence-corrected chi connectivity index (χ2v) is 13.6. The number of para-hydroxylation sites is 1. The molecule has 0 spiro atoms. The summed E-state index contributed by atoms with van der Waals surface area (Å²) in [5.74, 6) is -3.40. The standard InChI is InChI=1S/C36H41ClFN3O8/c1-2-45-35(44)22-9-11-24(12-10-22)49-36(40-13-5-6-14-40,41-18-31-32(19-41)48-21-47-31)33(42)16-23-15-27(37)29(17-28(23)38)39-34(43)26-20-46-30-8-4-3-7-25(26)30/h3-4,7-8,15,17,20,22,24,31-32H,2,5-6,9-14,16,18-19,21H2,1H3,(H,39,43)/t22-,24-,31-,32+,36?. The molecule has 0 radical (unpaired) electrons. The Hall–Kier alpha value is -3.39. The summed E-state index contributed by atoms with van der Waals surface area (Å²) >= 11 is 6.62. The zero-order valence-electron chi connectivity index (χ0n) is 27.5. The number of carbonyl (C=O) groups is 3. The maximum absolute atomic E-state index is 15.9. The van der Waals surface area contributed by atoms with Crippen molar-refractivity contribution in [2.45, 2.75) is 76.0 Å². The lowest BCUT2D eigenvalue weighted by Gasteiger charge is -2.48. The molecule has 7 rings (SSSR count). The smallest absolute Gasteiger partial charge is 0.308 e. The number of ether oxygens (including phenoxy) is 4. The number of esters is 1. The van der Waals surface area contributed by atoms with E-state index in [0.717, 1.165) is 18.9 Å². The van der Waals surface area contributed by atoms with Crippen LogP contribution in [0.4, 0.5) is 10.1 Å². The van der Waals surface area contributed by atoms with Crippen molar-refractivity contribution in [3.63, 3.8) is 0 Å². The van der Waals surface area contributed by atoms with Crippen molar-refractivity contribution in [2.24, 2.45) is 5.92 Å². The van der Waals surface area contributed by atoms with Gasteiger partial charge in [0.2, 0.25) is 5.85 Å². The molecule has 1 aliphatic carbocycles. The highest BCUT2D eigenvalue weighted by atomic mass is 35.5. The second-order valence-electron chi connectivity index (χ2n) is 13.2. The van der Waals surface area contributed by atoms with Crippen LogP contribution in [0.1, 0.15) is 61.4 Å². The molecule has 1 aromatic heterocycles. The molecule has 0 bridgehead atoms. The summed E-state index contributed by atoms with van der Waals surface area (Å²) in [6, 6.07) is 9.64. The molecule has 13 heteroatoms. The number of ketones is 1. The van der Waals surface area contributed by atoms with E-state index in [1.807, 2.05) is 4.90 Å². The monoisotopic (exact) mass is 697 g/mol. The van der Waals surface area contributed by atoms with Gasteiger partial charge < -0.3 is 28.7 Å². The van der Waals surface area contributed by atoms with Gasteiger partial charge in [0.1, 0.15) is 36.7 Å². The van der Waals surface area contributed by atoms with Gasteiger partial charge in [-0.1, -0.05) is 29.8 Å². The average Bonchev–Trinajstić information content (AvgIpc) is 3.91. The fourth-order valence-electron chi connectivity index (χ4n) is 7.67. The molecule has 49 heavy (non-hydrogen) atoms. The second kappa shape index (κ2) is 14.5. The van der Waals surface area contributed by atoms with E-state index >= 15 is 4.39 Å². The van der Waals surface area contributed by atoms with Crippen LogP contribution in [0.5, 0.6) is 0 Å². The Morgan fingerprint density at radius 1 is 1.02 bits per heavy atom. The predicted molar refractivity (Wildman–Crippen MR) is 177 cm³/mol. The lowest BCUT2D eigenvalue weighted by molar-refractivity contribution is -0.255. The number of rotatable bonds is 11. The summed E-state index contributed by atoms with van der Waals surface area (Å²) in [5.41, 5.74) is 1.01. The molecule has 4 heterocycles. The number of amides is 1. The minimum Gasteiger partial charge on any atom is -0.466 e. The summed E-state index contributed by atoms with van der Waals surface area (Å²) in [6.07, 6.45) is 4.47. The fraction of sp³-hybridized carbons (Fsp3) is 0.528. The highest BCUT2D eigenvalue weighted by Crippen LogP contribution is 2.40. The molecule has 1 N–H and O–H groups in total. The first kappa shape index (κ1) is 34.1. The number of nitrogens with one attached hydrogen (secondary N) is 1. The summed E-state index contributed by atoms with van der Waals surface area (Å²) in [6.45, 7) is 4.44. The van der Waals surface area contributed by atoms with E-state index in [4.69, 9.17) is 35.0 Å². The number of hydrogen-bond donors (Lipinski definition) is 1. The van der Waals surface area contributed by atoms with E-state index in [9.17, 15) is 14.4 Å². The van der Waals surface area contributed by atoms with Crippen molar-refractivity contribution in [1.29, 1.82) is 0 Å². The molecule has 1 saturated carbocycles. The Labute approximate surface area is 288 Å². The van der Waals surface area contributed by atoms with E-state index in [1.54, 1.807) is 31.2 Å². The third-order valence-electron chi connectivity index (χ3n) is 10.2. The van der Waals surface area contributed by atoms with Gasteiger partial charge in [0.15, 0.2) is 5.78 Å². The molecule has 3 saturated heterocycles. The first-order valence-electron chi connectivity index (χ1n) is 17.1. The lowest BCUT2D eigenvalue weighted by atomic mass is 9.87. The van der Waals surface area contributed by atoms with Gasteiger partial charge in [-0.15, -0.1) is 0 Å². The van der Waals surface area contributed by atoms with Gasteiger partial charge in [-0.3, -0.25) is 24.2 Å². The lowest BCUT2D eigenvalue weighted by Crippen LogP contribution is -2.68. The number of Topliss-reactive ketones (excluding diaryl/α,β-unsaturated/α-hetero) is 1. The van der Waals surface area contributed by atoms with Crippen LogP contribution in [0, 0.1) is 11.7 Å². The van der Waals surface area contributed by atoms with Gasteiger partial charge in [0.05, 0.1) is 34.9 Å². The molecule has 3 atom stereocenters. The van der Waals surface area contributed by atoms with E-state index in [1.165, 1.54) is 12.3 Å². The minimum absolute atomic E-state index is 0.0766. The Morgan fingerprint density at radius 2 is 1.73 bits per heavy atom. The number of likely N-dealkylation sites (tertiary alicyclic amines) is 2. The van der Waals surface area contributed by atoms with Crippen molar-refractivity contribution < 1.29 is 42.1 Å². The molecule has 3 aliphatic heterocycles. The Morgan fingerprint density at radius 3 is 2.45 bits per heavy atom. The highest BCUT2D eigenvalue weighted by molar-refractivity contribution is 6.34. The molecule has 4 fully saturated rings. The SMILES string of the molecule is CCOC(=O)[C@H]1CC[C@H](OC(C(=O)Cc2cc(Cl)c(NC(=O)c3coc4ccccc34)cc2F)(N2CCCC2)N2C[C@@H]3OCO[C@@H]3C2)CC1. The quantitative estimate of drug-likeness (QED) is 0.256. The summed E-state index contributed by atoms with van der Waals surface area (Å²) in [4.78, 5) is 44.4. The maximum Gasteiger partial charge on any atom is 0.308 e. The molecule has 1 amide bonds. The van der Waals surface area contributed by atoms with Gasteiger partial charge in [0, 0.05) is 38.0 Å².